The zero-order valence-electron chi connectivity index (χ0n) is 9.23. The summed E-state index contributed by atoms with van der Waals surface area (Å²) in [5, 5.41) is 0. The zero-order valence-corrected chi connectivity index (χ0v) is 11.4. The molecular weight excluding hydrogens is 378 g/mol. The molecule has 0 aliphatic rings. The van der Waals surface area contributed by atoms with Gasteiger partial charge in [-0.25, -0.2) is 8.78 Å². The molecule has 0 bridgehead atoms. The van der Waals surface area contributed by atoms with E-state index >= 15 is 0 Å². The highest BCUT2D eigenvalue weighted by molar-refractivity contribution is 14.1. The first-order valence-corrected chi connectivity index (χ1v) is 6.19. The van der Waals surface area contributed by atoms with Gasteiger partial charge in [0.05, 0.1) is 5.56 Å². The Morgan fingerprint density at radius 3 is 2.11 bits per heavy atom. The van der Waals surface area contributed by atoms with Crippen molar-refractivity contribution in [3.8, 4) is 11.1 Å². The van der Waals surface area contributed by atoms with Crippen molar-refractivity contribution in [2.75, 3.05) is 0 Å². The minimum Gasteiger partial charge on any atom is -0.207 e. The molecule has 0 radical (unpaired) electrons. The molecule has 19 heavy (non-hydrogen) atoms. The van der Waals surface area contributed by atoms with Crippen LogP contribution >= 0.6 is 22.6 Å². The molecule has 2 aromatic carbocycles. The Morgan fingerprint density at radius 1 is 0.842 bits per heavy atom. The molecule has 0 N–H and O–H groups in total. The smallest absolute Gasteiger partial charge is 0.207 e. The van der Waals surface area contributed by atoms with Crippen molar-refractivity contribution in [2.45, 2.75) is 6.18 Å². The summed E-state index contributed by atoms with van der Waals surface area (Å²) in [6, 6.07) is 5.81. The van der Waals surface area contributed by atoms with E-state index in [1.54, 1.807) is 22.6 Å². The van der Waals surface area contributed by atoms with Gasteiger partial charge < -0.3 is 0 Å². The molecule has 0 amide bonds. The Labute approximate surface area is 119 Å². The van der Waals surface area contributed by atoms with Gasteiger partial charge >= 0.3 is 6.18 Å². The van der Waals surface area contributed by atoms with Crippen molar-refractivity contribution >= 4 is 22.6 Å². The molecule has 0 spiro atoms. The lowest BCUT2D eigenvalue weighted by molar-refractivity contribution is -0.137. The normalized spacial score (nSPS) is 11.7. The topological polar surface area (TPSA) is 0 Å². The van der Waals surface area contributed by atoms with Crippen molar-refractivity contribution in [1.82, 2.24) is 0 Å². The molecule has 0 atom stereocenters. The summed E-state index contributed by atoms with van der Waals surface area (Å²) in [5.74, 6) is -1.67. The molecule has 0 aliphatic carbocycles. The third kappa shape index (κ3) is 3.05. The number of alkyl halides is 3. The molecule has 2 aromatic rings. The van der Waals surface area contributed by atoms with Crippen molar-refractivity contribution in [3.05, 3.63) is 57.2 Å². The van der Waals surface area contributed by atoms with E-state index in [2.05, 4.69) is 0 Å². The molecule has 0 fully saturated rings. The van der Waals surface area contributed by atoms with Gasteiger partial charge in [-0.2, -0.15) is 13.2 Å². The van der Waals surface area contributed by atoms with Gasteiger partial charge in [-0.15, -0.1) is 0 Å². The third-order valence-electron chi connectivity index (χ3n) is 2.51. The molecule has 0 aromatic heterocycles. The standard InChI is InChI=1S/C13H6F5I/c14-8-2-3-9(11(15)6-8)10-5-7(13(16,17)18)1-4-12(10)19/h1-6H. The molecule has 100 valence electrons. The van der Waals surface area contributed by atoms with E-state index in [4.69, 9.17) is 0 Å². The Balaban J connectivity index is 2.61. The van der Waals surface area contributed by atoms with Crippen LogP contribution in [-0.4, -0.2) is 0 Å². The monoisotopic (exact) mass is 384 g/mol. The Morgan fingerprint density at radius 2 is 1.53 bits per heavy atom. The molecule has 0 saturated heterocycles. The number of rotatable bonds is 1. The van der Waals surface area contributed by atoms with Crippen molar-refractivity contribution in [2.24, 2.45) is 0 Å². The van der Waals surface area contributed by atoms with Crippen LogP contribution in [0, 0.1) is 15.2 Å². The molecule has 0 saturated carbocycles. The highest BCUT2D eigenvalue weighted by atomic mass is 127. The second kappa shape index (κ2) is 5.07. The van der Waals surface area contributed by atoms with Crippen molar-refractivity contribution in [1.29, 1.82) is 0 Å². The van der Waals surface area contributed by atoms with Crippen LogP contribution in [-0.2, 0) is 6.18 Å². The molecule has 0 heterocycles. The van der Waals surface area contributed by atoms with E-state index in [9.17, 15) is 22.0 Å². The number of benzene rings is 2. The lowest BCUT2D eigenvalue weighted by atomic mass is 10.0. The molecule has 0 unspecified atom stereocenters. The van der Waals surface area contributed by atoms with Gasteiger partial charge in [0, 0.05) is 15.2 Å². The van der Waals surface area contributed by atoms with Crippen molar-refractivity contribution in [3.63, 3.8) is 0 Å². The van der Waals surface area contributed by atoms with Crippen LogP contribution in [0.3, 0.4) is 0 Å². The first kappa shape index (κ1) is 14.2. The van der Waals surface area contributed by atoms with Crippen molar-refractivity contribution < 1.29 is 22.0 Å². The van der Waals surface area contributed by atoms with E-state index in [0.29, 0.717) is 9.64 Å². The van der Waals surface area contributed by atoms with Crippen LogP contribution in [0.25, 0.3) is 11.1 Å². The first-order chi connectivity index (χ1) is 8.79. The lowest BCUT2D eigenvalue weighted by Gasteiger charge is -2.11. The van der Waals surface area contributed by atoms with E-state index in [1.807, 2.05) is 0 Å². The second-order valence-electron chi connectivity index (χ2n) is 3.82. The fraction of sp³-hybridized carbons (Fsp3) is 0.0769. The summed E-state index contributed by atoms with van der Waals surface area (Å²) in [4.78, 5) is 0. The van der Waals surface area contributed by atoms with Crippen LogP contribution in [0.1, 0.15) is 5.56 Å². The van der Waals surface area contributed by atoms with Gasteiger partial charge in [-0.05, 0) is 58.5 Å². The Bertz CT molecular complexity index is 619. The fourth-order valence-corrected chi connectivity index (χ4v) is 2.24. The van der Waals surface area contributed by atoms with E-state index in [-0.39, 0.29) is 11.1 Å². The quantitative estimate of drug-likeness (QED) is 0.465. The molecule has 2 rings (SSSR count). The first-order valence-electron chi connectivity index (χ1n) is 5.11. The maximum atomic E-state index is 13.6. The Kier molecular flexibility index (Phi) is 3.80. The average molecular weight is 384 g/mol. The van der Waals surface area contributed by atoms with Gasteiger partial charge in [0.2, 0.25) is 0 Å². The summed E-state index contributed by atoms with van der Waals surface area (Å²) >= 11 is 1.81. The largest absolute Gasteiger partial charge is 0.416 e. The molecular formula is C13H6F5I. The minimum absolute atomic E-state index is 0.0584. The molecule has 0 nitrogen and oxygen atoms in total. The van der Waals surface area contributed by atoms with E-state index in [1.165, 1.54) is 6.07 Å². The van der Waals surface area contributed by atoms with Crippen LogP contribution in [0.15, 0.2) is 36.4 Å². The number of halogens is 6. The Hall–Kier alpha value is -1.18. The van der Waals surface area contributed by atoms with E-state index < -0.39 is 23.4 Å². The predicted octanol–water partition coefficient (Wildman–Crippen LogP) is 5.26. The number of hydrogen-bond acceptors (Lipinski definition) is 0. The van der Waals surface area contributed by atoms with Crippen LogP contribution in [0.4, 0.5) is 22.0 Å². The molecule has 6 heteroatoms. The summed E-state index contributed by atoms with van der Waals surface area (Å²) in [6.45, 7) is 0. The van der Waals surface area contributed by atoms with Gasteiger partial charge in [0.1, 0.15) is 11.6 Å². The highest BCUT2D eigenvalue weighted by Gasteiger charge is 2.31. The van der Waals surface area contributed by atoms with Gasteiger partial charge in [-0.1, -0.05) is 0 Å². The van der Waals surface area contributed by atoms with Crippen LogP contribution in [0.5, 0.6) is 0 Å². The van der Waals surface area contributed by atoms with E-state index in [0.717, 1.165) is 24.3 Å². The SMILES string of the molecule is Fc1ccc(-c2cc(C(F)(F)F)ccc2I)c(F)c1. The molecule has 0 aliphatic heterocycles. The van der Waals surface area contributed by atoms with Gasteiger partial charge in [0.15, 0.2) is 0 Å². The number of hydrogen-bond donors (Lipinski definition) is 0. The highest BCUT2D eigenvalue weighted by Crippen LogP contribution is 2.35. The predicted molar refractivity (Wildman–Crippen MR) is 69.5 cm³/mol. The maximum Gasteiger partial charge on any atom is 0.416 e. The summed E-state index contributed by atoms with van der Waals surface area (Å²) < 4.78 is 64.8. The lowest BCUT2D eigenvalue weighted by Crippen LogP contribution is -2.05. The summed E-state index contributed by atoms with van der Waals surface area (Å²) in [5.41, 5.74) is -0.837. The maximum absolute atomic E-state index is 13.6. The summed E-state index contributed by atoms with van der Waals surface area (Å²) in [7, 11) is 0. The average Bonchev–Trinajstić information content (AvgIpc) is 2.29. The zero-order chi connectivity index (χ0) is 14.2. The van der Waals surface area contributed by atoms with Crippen LogP contribution in [0.2, 0.25) is 0 Å². The van der Waals surface area contributed by atoms with Gasteiger partial charge in [0.25, 0.3) is 0 Å². The fourth-order valence-electron chi connectivity index (χ4n) is 1.62. The second-order valence-corrected chi connectivity index (χ2v) is 4.98. The van der Waals surface area contributed by atoms with Crippen LogP contribution < -0.4 is 0 Å². The third-order valence-corrected chi connectivity index (χ3v) is 3.46. The minimum atomic E-state index is -4.50. The van der Waals surface area contributed by atoms with Gasteiger partial charge in [-0.3, -0.25) is 0 Å². The summed E-state index contributed by atoms with van der Waals surface area (Å²) in [6.07, 6.45) is -4.50.